The van der Waals surface area contributed by atoms with E-state index in [1.807, 2.05) is 6.07 Å². The molecule has 4 aromatic rings. The molecule has 0 unspecified atom stereocenters. The maximum absolute atomic E-state index is 12.9. The zero-order chi connectivity index (χ0) is 21.8. The van der Waals surface area contributed by atoms with Crippen molar-refractivity contribution in [1.29, 1.82) is 0 Å². The fourth-order valence-electron chi connectivity index (χ4n) is 2.89. The Morgan fingerprint density at radius 1 is 0.839 bits per heavy atom. The molecule has 9 heteroatoms. The van der Waals surface area contributed by atoms with Gasteiger partial charge in [-0.2, -0.15) is 0 Å². The third-order valence-corrected chi connectivity index (χ3v) is 5.30. The summed E-state index contributed by atoms with van der Waals surface area (Å²) in [4.78, 5) is 25.3. The number of carbonyl (C=O) groups excluding carboxylic acids is 2. The molecule has 0 radical (unpaired) electrons. The summed E-state index contributed by atoms with van der Waals surface area (Å²) in [6, 6.07) is 18.9. The normalized spacial score (nSPS) is 10.5. The van der Waals surface area contributed by atoms with E-state index in [2.05, 4.69) is 36.8 Å². The Labute approximate surface area is 191 Å². The molecule has 4 rings (SSSR count). The predicted molar refractivity (Wildman–Crippen MR) is 123 cm³/mol. The van der Waals surface area contributed by atoms with Gasteiger partial charge in [-0.1, -0.05) is 23.7 Å². The first kappa shape index (κ1) is 20.8. The van der Waals surface area contributed by atoms with Crippen LogP contribution in [0.1, 0.15) is 20.7 Å². The Morgan fingerprint density at radius 2 is 1.52 bits per heavy atom. The zero-order valence-corrected chi connectivity index (χ0v) is 18.3. The molecule has 2 amide bonds. The Morgan fingerprint density at radius 3 is 2.23 bits per heavy atom. The van der Waals surface area contributed by atoms with Crippen molar-refractivity contribution in [2.45, 2.75) is 0 Å². The Bertz CT molecular complexity index is 1260. The van der Waals surface area contributed by atoms with Crippen LogP contribution in [0.4, 0.5) is 11.4 Å². The zero-order valence-electron chi connectivity index (χ0n) is 15.9. The van der Waals surface area contributed by atoms with Crippen molar-refractivity contribution in [3.8, 4) is 5.69 Å². The van der Waals surface area contributed by atoms with Gasteiger partial charge >= 0.3 is 0 Å². The second kappa shape index (κ2) is 9.11. The predicted octanol–water partition coefficient (Wildman–Crippen LogP) is 5.19. The number of benzene rings is 3. The maximum atomic E-state index is 12.9. The fourth-order valence-corrected chi connectivity index (χ4v) is 3.51. The molecule has 31 heavy (non-hydrogen) atoms. The monoisotopic (exact) mass is 495 g/mol. The van der Waals surface area contributed by atoms with Crippen LogP contribution in [0, 0.1) is 0 Å². The molecular weight excluding hydrogens is 482 g/mol. The number of carbonyl (C=O) groups is 2. The molecular formula is C22H15BrClN5O2. The van der Waals surface area contributed by atoms with Crippen LogP contribution < -0.4 is 10.6 Å². The number of hydrogen-bond donors (Lipinski definition) is 2. The smallest absolute Gasteiger partial charge is 0.256 e. The van der Waals surface area contributed by atoms with Crippen LogP contribution >= 0.6 is 27.5 Å². The van der Waals surface area contributed by atoms with Crippen LogP contribution in [-0.2, 0) is 0 Å². The highest BCUT2D eigenvalue weighted by Crippen LogP contribution is 2.23. The molecule has 0 atom stereocenters. The molecule has 3 aromatic carbocycles. The van der Waals surface area contributed by atoms with E-state index in [-0.39, 0.29) is 11.8 Å². The van der Waals surface area contributed by atoms with E-state index in [4.69, 9.17) is 11.6 Å². The van der Waals surface area contributed by atoms with E-state index in [0.29, 0.717) is 32.0 Å². The van der Waals surface area contributed by atoms with Gasteiger partial charge in [0.2, 0.25) is 0 Å². The van der Waals surface area contributed by atoms with Crippen LogP contribution in [0.5, 0.6) is 0 Å². The van der Waals surface area contributed by atoms with Crippen LogP contribution in [-0.4, -0.2) is 26.6 Å². The van der Waals surface area contributed by atoms with E-state index in [9.17, 15) is 9.59 Å². The summed E-state index contributed by atoms with van der Waals surface area (Å²) in [7, 11) is 0. The molecule has 1 aromatic heterocycles. The molecule has 0 saturated carbocycles. The molecule has 0 aliphatic rings. The van der Waals surface area contributed by atoms with E-state index in [0.717, 1.165) is 5.69 Å². The van der Waals surface area contributed by atoms with Gasteiger partial charge < -0.3 is 10.6 Å². The van der Waals surface area contributed by atoms with Crippen LogP contribution in [0.15, 0.2) is 83.9 Å². The van der Waals surface area contributed by atoms with Crippen molar-refractivity contribution in [2.75, 3.05) is 10.6 Å². The SMILES string of the molecule is O=C(Nc1cccc(NC(=O)c2cc(-n3cnnc3)ccc2Br)c1)c1cccc(Cl)c1. The van der Waals surface area contributed by atoms with Gasteiger partial charge in [-0.15, -0.1) is 10.2 Å². The Balaban J connectivity index is 1.51. The second-order valence-corrected chi connectivity index (χ2v) is 7.82. The molecule has 0 aliphatic carbocycles. The van der Waals surface area contributed by atoms with Gasteiger partial charge in [-0.25, -0.2) is 0 Å². The number of amides is 2. The quantitative estimate of drug-likeness (QED) is 0.398. The molecule has 0 aliphatic heterocycles. The highest BCUT2D eigenvalue weighted by molar-refractivity contribution is 9.10. The van der Waals surface area contributed by atoms with Crippen molar-refractivity contribution >= 4 is 50.7 Å². The lowest BCUT2D eigenvalue weighted by Gasteiger charge is -2.11. The maximum Gasteiger partial charge on any atom is 0.256 e. The number of nitrogens with one attached hydrogen (secondary N) is 2. The van der Waals surface area contributed by atoms with Gasteiger partial charge in [0.05, 0.1) is 5.56 Å². The summed E-state index contributed by atoms with van der Waals surface area (Å²) >= 11 is 9.37. The minimum atomic E-state index is -0.305. The third-order valence-electron chi connectivity index (χ3n) is 4.38. The summed E-state index contributed by atoms with van der Waals surface area (Å²) in [6.07, 6.45) is 3.11. The van der Waals surface area contributed by atoms with E-state index < -0.39 is 0 Å². The number of rotatable bonds is 5. The molecule has 2 N–H and O–H groups in total. The molecule has 154 valence electrons. The van der Waals surface area contributed by atoms with Crippen LogP contribution in [0.3, 0.4) is 0 Å². The first-order valence-electron chi connectivity index (χ1n) is 9.12. The summed E-state index contributed by atoms with van der Waals surface area (Å²) in [6.45, 7) is 0. The lowest BCUT2D eigenvalue weighted by molar-refractivity contribution is 0.101. The summed E-state index contributed by atoms with van der Waals surface area (Å²) in [5, 5.41) is 13.7. The average molecular weight is 497 g/mol. The van der Waals surface area contributed by atoms with Crippen molar-refractivity contribution in [3.05, 3.63) is 100 Å². The third kappa shape index (κ3) is 4.99. The average Bonchev–Trinajstić information content (AvgIpc) is 3.29. The summed E-state index contributed by atoms with van der Waals surface area (Å²) < 4.78 is 2.35. The highest BCUT2D eigenvalue weighted by atomic mass is 79.9. The van der Waals surface area contributed by atoms with Gasteiger partial charge in [0.15, 0.2) is 0 Å². The van der Waals surface area contributed by atoms with Gasteiger partial charge in [0.1, 0.15) is 12.7 Å². The minimum absolute atomic E-state index is 0.296. The van der Waals surface area contributed by atoms with Gasteiger partial charge in [0, 0.05) is 32.1 Å². The van der Waals surface area contributed by atoms with E-state index in [1.165, 1.54) is 0 Å². The Hall–Kier alpha value is -3.49. The summed E-state index contributed by atoms with van der Waals surface area (Å²) in [5.74, 6) is -0.601. The first-order chi connectivity index (χ1) is 15.0. The molecule has 0 saturated heterocycles. The lowest BCUT2D eigenvalue weighted by Crippen LogP contribution is -2.14. The van der Waals surface area contributed by atoms with Crippen molar-refractivity contribution < 1.29 is 9.59 Å². The van der Waals surface area contributed by atoms with Crippen molar-refractivity contribution in [1.82, 2.24) is 14.8 Å². The number of aromatic nitrogens is 3. The summed E-state index contributed by atoms with van der Waals surface area (Å²) in [5.41, 5.74) is 2.72. The number of hydrogen-bond acceptors (Lipinski definition) is 4. The van der Waals surface area contributed by atoms with Gasteiger partial charge in [-0.05, 0) is 70.5 Å². The molecule has 0 fully saturated rings. The minimum Gasteiger partial charge on any atom is -0.322 e. The van der Waals surface area contributed by atoms with E-state index in [1.54, 1.807) is 77.9 Å². The molecule has 0 spiro atoms. The number of anilines is 2. The second-order valence-electron chi connectivity index (χ2n) is 6.53. The largest absolute Gasteiger partial charge is 0.322 e. The standard InChI is InChI=1S/C22H15BrClN5O2/c23-20-8-7-18(29-12-25-26-13-29)11-19(20)22(31)28-17-6-2-5-16(10-17)27-21(30)14-3-1-4-15(24)9-14/h1-13H,(H,27,30)(H,28,31). The first-order valence-corrected chi connectivity index (χ1v) is 10.3. The number of halogens is 2. The van der Waals surface area contributed by atoms with Crippen LogP contribution in [0.2, 0.25) is 5.02 Å². The molecule has 1 heterocycles. The highest BCUT2D eigenvalue weighted by Gasteiger charge is 2.13. The van der Waals surface area contributed by atoms with Crippen molar-refractivity contribution in [3.63, 3.8) is 0 Å². The Kier molecular flexibility index (Phi) is 6.11. The van der Waals surface area contributed by atoms with E-state index >= 15 is 0 Å². The van der Waals surface area contributed by atoms with Gasteiger partial charge in [0.25, 0.3) is 11.8 Å². The molecule has 0 bridgehead atoms. The molecule has 7 nitrogen and oxygen atoms in total. The number of nitrogens with zero attached hydrogens (tertiary/aromatic N) is 3. The fraction of sp³-hybridized carbons (Fsp3) is 0. The van der Waals surface area contributed by atoms with Gasteiger partial charge in [-0.3, -0.25) is 14.2 Å². The topological polar surface area (TPSA) is 88.9 Å². The van der Waals surface area contributed by atoms with Crippen molar-refractivity contribution in [2.24, 2.45) is 0 Å². The lowest BCUT2D eigenvalue weighted by atomic mass is 10.1. The van der Waals surface area contributed by atoms with Crippen LogP contribution in [0.25, 0.3) is 5.69 Å².